The lowest BCUT2D eigenvalue weighted by Crippen LogP contribution is -2.45. The molecule has 3 rings (SSSR count). The van der Waals surface area contributed by atoms with Gasteiger partial charge >= 0.3 is 11.9 Å². The molecule has 0 bridgehead atoms. The van der Waals surface area contributed by atoms with Crippen LogP contribution in [0.1, 0.15) is 52.9 Å². The molecule has 1 heterocycles. The lowest BCUT2D eigenvalue weighted by atomic mass is 9.69. The maximum Gasteiger partial charge on any atom is 0.302 e. The number of allylic oxidation sites excluding steroid dienone is 2. The molecule has 3 aliphatic rings. The molecule has 6 nitrogen and oxygen atoms in total. The summed E-state index contributed by atoms with van der Waals surface area (Å²) in [5.74, 6) is 0.485. The average Bonchev–Trinajstić information content (AvgIpc) is 2.87. The molecular weight excluding hydrogens is 324 g/mol. The fraction of sp³-hybridized carbons (Fsp3) is 0.632. The van der Waals surface area contributed by atoms with Crippen LogP contribution in [0.4, 0.5) is 0 Å². The Hall–Kier alpha value is -2.11. The van der Waals surface area contributed by atoms with Gasteiger partial charge in [0, 0.05) is 44.6 Å². The highest BCUT2D eigenvalue weighted by Crippen LogP contribution is 2.50. The summed E-state index contributed by atoms with van der Waals surface area (Å²) in [5, 5.41) is 0. The summed E-state index contributed by atoms with van der Waals surface area (Å²) >= 11 is 0. The number of esters is 2. The lowest BCUT2D eigenvalue weighted by molar-refractivity contribution is -0.142. The molecule has 0 saturated heterocycles. The van der Waals surface area contributed by atoms with Crippen molar-refractivity contribution in [2.75, 3.05) is 13.2 Å². The molecule has 6 heteroatoms. The number of carbonyl (C=O) groups excluding carboxylic acids is 3. The van der Waals surface area contributed by atoms with E-state index in [-0.39, 0.29) is 36.9 Å². The average molecular weight is 348 g/mol. The van der Waals surface area contributed by atoms with E-state index >= 15 is 0 Å². The van der Waals surface area contributed by atoms with Crippen molar-refractivity contribution in [1.82, 2.24) is 0 Å². The van der Waals surface area contributed by atoms with Crippen molar-refractivity contribution in [3.05, 3.63) is 22.5 Å². The van der Waals surface area contributed by atoms with Gasteiger partial charge in [0.25, 0.3) is 0 Å². The van der Waals surface area contributed by atoms with E-state index in [1.165, 1.54) is 13.8 Å². The van der Waals surface area contributed by atoms with E-state index in [2.05, 4.69) is 6.92 Å². The zero-order valence-corrected chi connectivity index (χ0v) is 15.0. The van der Waals surface area contributed by atoms with Gasteiger partial charge in [0.1, 0.15) is 24.6 Å². The second-order valence-electron chi connectivity index (χ2n) is 7.29. The molecule has 0 aromatic rings. The number of ether oxygens (including phenoxy) is 3. The number of hydrogen-bond donors (Lipinski definition) is 0. The van der Waals surface area contributed by atoms with Crippen LogP contribution in [0.5, 0.6) is 0 Å². The van der Waals surface area contributed by atoms with Crippen LogP contribution in [-0.4, -0.2) is 36.5 Å². The van der Waals surface area contributed by atoms with Gasteiger partial charge in [0.15, 0.2) is 5.78 Å². The molecule has 2 aliphatic carbocycles. The molecule has 0 amide bonds. The maximum atomic E-state index is 12.0. The van der Waals surface area contributed by atoms with Gasteiger partial charge in [0.05, 0.1) is 0 Å². The van der Waals surface area contributed by atoms with Gasteiger partial charge < -0.3 is 14.2 Å². The van der Waals surface area contributed by atoms with E-state index in [0.717, 1.165) is 22.5 Å². The Balaban J connectivity index is 1.83. The Morgan fingerprint density at radius 3 is 2.36 bits per heavy atom. The van der Waals surface area contributed by atoms with E-state index in [1.807, 2.05) is 0 Å². The minimum absolute atomic E-state index is 0.153. The van der Waals surface area contributed by atoms with Crippen molar-refractivity contribution in [3.63, 3.8) is 0 Å². The highest BCUT2D eigenvalue weighted by Gasteiger charge is 2.48. The molecule has 0 saturated carbocycles. The number of rotatable bonds is 4. The molecule has 136 valence electrons. The number of ketones is 1. The molecular formula is C19H24O6. The van der Waals surface area contributed by atoms with Crippen molar-refractivity contribution in [1.29, 1.82) is 0 Å². The quantitative estimate of drug-likeness (QED) is 0.574. The number of Topliss-reactive ketones (excluding diaryl/α,β-unsaturated/α-hetero) is 1. The predicted molar refractivity (Wildman–Crippen MR) is 88.4 cm³/mol. The second kappa shape index (κ2) is 6.65. The largest absolute Gasteiger partial charge is 0.491 e. The fourth-order valence-corrected chi connectivity index (χ4v) is 4.00. The molecule has 0 radical (unpaired) electrons. The summed E-state index contributed by atoms with van der Waals surface area (Å²) < 4.78 is 16.6. The Morgan fingerprint density at radius 2 is 1.72 bits per heavy atom. The number of hydrogen-bond acceptors (Lipinski definition) is 6. The van der Waals surface area contributed by atoms with Crippen LogP contribution in [0.15, 0.2) is 22.5 Å². The Labute approximate surface area is 147 Å². The molecule has 0 unspecified atom stereocenters. The molecule has 0 fully saturated rings. The van der Waals surface area contributed by atoms with Gasteiger partial charge in [-0.1, -0.05) is 0 Å². The van der Waals surface area contributed by atoms with Crippen LogP contribution < -0.4 is 0 Å². The van der Waals surface area contributed by atoms with E-state index < -0.39 is 5.60 Å². The SMILES string of the molecule is CC(=O)OCC1=C(COC(C)=O)C[C@]2(C)OC3=C(C[C@@H]2C1)C(=O)CC3. The van der Waals surface area contributed by atoms with E-state index in [0.29, 0.717) is 32.1 Å². The predicted octanol–water partition coefficient (Wildman–Crippen LogP) is 2.62. The van der Waals surface area contributed by atoms with Crippen LogP contribution in [-0.2, 0) is 28.6 Å². The first kappa shape index (κ1) is 17.7. The molecule has 0 spiro atoms. The first-order valence-electron chi connectivity index (χ1n) is 8.69. The summed E-state index contributed by atoms with van der Waals surface area (Å²) in [6, 6.07) is 0. The minimum atomic E-state index is -0.418. The molecule has 0 N–H and O–H groups in total. The Morgan fingerprint density at radius 1 is 1.08 bits per heavy atom. The summed E-state index contributed by atoms with van der Waals surface area (Å²) in [5.41, 5.74) is 2.33. The van der Waals surface area contributed by atoms with Crippen molar-refractivity contribution >= 4 is 17.7 Å². The molecule has 1 aliphatic heterocycles. The summed E-state index contributed by atoms with van der Waals surface area (Å²) in [6.07, 6.45) is 3.19. The molecule has 0 aromatic carbocycles. The summed E-state index contributed by atoms with van der Waals surface area (Å²) in [6.45, 7) is 5.18. The van der Waals surface area contributed by atoms with Crippen LogP contribution in [0, 0.1) is 5.92 Å². The third kappa shape index (κ3) is 3.62. The van der Waals surface area contributed by atoms with Gasteiger partial charge in [-0.2, -0.15) is 0 Å². The topological polar surface area (TPSA) is 78.9 Å². The van der Waals surface area contributed by atoms with Crippen LogP contribution in [0.2, 0.25) is 0 Å². The van der Waals surface area contributed by atoms with Gasteiger partial charge in [-0.3, -0.25) is 14.4 Å². The third-order valence-corrected chi connectivity index (χ3v) is 5.38. The first-order valence-corrected chi connectivity index (χ1v) is 8.69. The van der Waals surface area contributed by atoms with Crippen molar-refractivity contribution < 1.29 is 28.6 Å². The Bertz CT molecular complexity index is 686. The smallest absolute Gasteiger partial charge is 0.302 e. The van der Waals surface area contributed by atoms with Crippen LogP contribution >= 0.6 is 0 Å². The second-order valence-corrected chi connectivity index (χ2v) is 7.29. The fourth-order valence-electron chi connectivity index (χ4n) is 4.00. The van der Waals surface area contributed by atoms with E-state index in [9.17, 15) is 14.4 Å². The van der Waals surface area contributed by atoms with Gasteiger partial charge in [-0.15, -0.1) is 0 Å². The molecule has 2 atom stereocenters. The molecule has 0 aromatic heterocycles. The third-order valence-electron chi connectivity index (χ3n) is 5.38. The maximum absolute atomic E-state index is 12.0. The number of carbonyl (C=O) groups is 3. The summed E-state index contributed by atoms with van der Waals surface area (Å²) in [7, 11) is 0. The van der Waals surface area contributed by atoms with Crippen molar-refractivity contribution in [2.45, 2.75) is 58.5 Å². The van der Waals surface area contributed by atoms with Gasteiger partial charge in [0.2, 0.25) is 0 Å². The van der Waals surface area contributed by atoms with E-state index in [4.69, 9.17) is 14.2 Å². The zero-order chi connectivity index (χ0) is 18.2. The van der Waals surface area contributed by atoms with Crippen molar-refractivity contribution in [3.8, 4) is 0 Å². The summed E-state index contributed by atoms with van der Waals surface area (Å²) in [4.78, 5) is 34.4. The van der Waals surface area contributed by atoms with Gasteiger partial charge in [-0.25, -0.2) is 0 Å². The van der Waals surface area contributed by atoms with E-state index in [1.54, 1.807) is 0 Å². The highest BCUT2D eigenvalue weighted by atomic mass is 16.5. The Kier molecular flexibility index (Phi) is 4.71. The monoisotopic (exact) mass is 348 g/mol. The minimum Gasteiger partial charge on any atom is -0.491 e. The normalized spacial score (nSPS) is 28.3. The highest BCUT2D eigenvalue weighted by molar-refractivity contribution is 5.98. The van der Waals surface area contributed by atoms with Crippen molar-refractivity contribution in [2.24, 2.45) is 5.92 Å². The van der Waals surface area contributed by atoms with Gasteiger partial charge in [-0.05, 0) is 30.9 Å². The van der Waals surface area contributed by atoms with Crippen LogP contribution in [0.25, 0.3) is 0 Å². The lowest BCUT2D eigenvalue weighted by Gasteiger charge is -2.46. The standard InChI is InChI=1S/C19H24O6/c1-11(20)23-9-13-6-15-7-16-17(22)4-5-18(16)25-19(15,3)8-14(13)10-24-12(2)21/h15H,4-10H2,1-3H3/t15-,19-/m0/s1. The first-order chi connectivity index (χ1) is 11.8. The zero-order valence-electron chi connectivity index (χ0n) is 15.0. The van der Waals surface area contributed by atoms with Crippen LogP contribution in [0.3, 0.4) is 0 Å². The number of fused-ring (bicyclic) bond motifs is 1. The molecule has 25 heavy (non-hydrogen) atoms.